The van der Waals surface area contributed by atoms with Gasteiger partial charge >= 0.3 is 19.8 Å². The van der Waals surface area contributed by atoms with E-state index in [1.54, 1.807) is 0 Å². The minimum atomic E-state index is -4.39. The molecule has 0 aromatic heterocycles. The van der Waals surface area contributed by atoms with E-state index in [4.69, 9.17) is 24.3 Å². The topological polar surface area (TPSA) is 134 Å². The van der Waals surface area contributed by atoms with Gasteiger partial charge in [0.1, 0.15) is 6.61 Å². The first-order valence-electron chi connectivity index (χ1n) is 26.3. The van der Waals surface area contributed by atoms with E-state index in [1.165, 1.54) is 128 Å². The van der Waals surface area contributed by atoms with Crippen LogP contribution in [-0.4, -0.2) is 49.3 Å². The summed E-state index contributed by atoms with van der Waals surface area (Å²) in [4.78, 5) is 35.0. The van der Waals surface area contributed by atoms with E-state index in [2.05, 4.69) is 74.6 Å². The predicted molar refractivity (Wildman–Crippen MR) is 270 cm³/mol. The zero-order valence-corrected chi connectivity index (χ0v) is 42.2. The highest BCUT2D eigenvalue weighted by molar-refractivity contribution is 7.47. The number of carbonyl (C=O) groups excluding carboxylic acids is 2. The molecule has 0 radical (unpaired) electrons. The van der Waals surface area contributed by atoms with Crippen molar-refractivity contribution in [2.24, 2.45) is 5.73 Å². The number of allylic oxidation sites excluding steroid dienone is 10. The van der Waals surface area contributed by atoms with Crippen molar-refractivity contribution in [1.82, 2.24) is 0 Å². The number of esters is 2. The van der Waals surface area contributed by atoms with Crippen molar-refractivity contribution in [2.45, 2.75) is 245 Å². The number of carbonyl (C=O) groups is 2. The Bertz CT molecular complexity index is 1230. The molecule has 9 nitrogen and oxygen atoms in total. The Morgan fingerprint density at radius 3 is 1.22 bits per heavy atom. The van der Waals surface area contributed by atoms with Crippen molar-refractivity contribution < 1.29 is 37.6 Å². The monoisotopic (exact) mass is 920 g/mol. The number of unbranched alkanes of at least 4 members (excludes halogenated alkanes) is 26. The van der Waals surface area contributed by atoms with Crippen LogP contribution in [0.15, 0.2) is 60.8 Å². The molecule has 0 fully saturated rings. The summed E-state index contributed by atoms with van der Waals surface area (Å²) in [5.41, 5.74) is 5.37. The molecule has 0 bridgehead atoms. The van der Waals surface area contributed by atoms with Crippen LogP contribution in [0.25, 0.3) is 0 Å². The van der Waals surface area contributed by atoms with Crippen molar-refractivity contribution >= 4 is 19.8 Å². The number of hydrogen-bond acceptors (Lipinski definition) is 8. The number of phosphoric acid groups is 1. The van der Waals surface area contributed by atoms with Crippen LogP contribution in [0.4, 0.5) is 0 Å². The predicted octanol–water partition coefficient (Wildman–Crippen LogP) is 16.0. The first kappa shape index (κ1) is 61.7. The van der Waals surface area contributed by atoms with E-state index >= 15 is 0 Å². The molecule has 0 rings (SSSR count). The first-order valence-corrected chi connectivity index (χ1v) is 27.8. The summed E-state index contributed by atoms with van der Waals surface area (Å²) in [6.45, 7) is 3.70. The van der Waals surface area contributed by atoms with Gasteiger partial charge in [0.2, 0.25) is 0 Å². The molecule has 0 aromatic carbocycles. The molecule has 0 spiro atoms. The Hall–Kier alpha value is -2.29. The van der Waals surface area contributed by atoms with Crippen LogP contribution in [0.3, 0.4) is 0 Å². The second-order valence-corrected chi connectivity index (χ2v) is 18.8. The Morgan fingerprint density at radius 1 is 0.469 bits per heavy atom. The Morgan fingerprint density at radius 2 is 0.812 bits per heavy atom. The van der Waals surface area contributed by atoms with Crippen LogP contribution in [0, 0.1) is 0 Å². The van der Waals surface area contributed by atoms with E-state index in [1.807, 2.05) is 0 Å². The highest BCUT2D eigenvalue weighted by atomic mass is 31.2. The van der Waals surface area contributed by atoms with Crippen LogP contribution < -0.4 is 5.73 Å². The maximum atomic E-state index is 12.7. The summed E-state index contributed by atoms with van der Waals surface area (Å²) in [5, 5.41) is 0. The summed E-state index contributed by atoms with van der Waals surface area (Å²) in [6, 6.07) is 0. The second-order valence-electron chi connectivity index (χ2n) is 17.4. The highest BCUT2D eigenvalue weighted by Gasteiger charge is 2.26. The molecule has 10 heteroatoms. The molecule has 0 amide bonds. The standard InChI is InChI=1S/C54H98NO8P/c1-3-5-7-9-11-13-15-17-19-21-22-23-24-25-26-27-28-29-30-31-33-35-37-39-41-43-45-47-54(57)63-52(51-62-64(58,59)61-49-48-55)50-60-53(56)46-44-42-40-38-36-34-32-20-18-16-14-12-10-8-6-4-2/h14-17,20-22,24-25,32,52H,3-13,18-19,23,26-31,33-51,55H2,1-2H3,(H,58,59)/b16-14-,17-15-,22-21-,25-24-,32-20-. The average molecular weight is 920 g/mol. The van der Waals surface area contributed by atoms with Gasteiger partial charge in [-0.1, -0.05) is 203 Å². The lowest BCUT2D eigenvalue weighted by molar-refractivity contribution is -0.161. The van der Waals surface area contributed by atoms with Crippen LogP contribution >= 0.6 is 7.82 Å². The fourth-order valence-electron chi connectivity index (χ4n) is 7.20. The molecule has 64 heavy (non-hydrogen) atoms. The molecular weight excluding hydrogens is 822 g/mol. The second kappa shape index (κ2) is 50.1. The molecular formula is C54H98NO8P. The average Bonchev–Trinajstić information content (AvgIpc) is 3.28. The Kier molecular flexibility index (Phi) is 48.3. The molecule has 0 aromatic rings. The number of phosphoric ester groups is 1. The maximum absolute atomic E-state index is 12.7. The summed E-state index contributed by atoms with van der Waals surface area (Å²) < 4.78 is 32.9. The molecule has 2 unspecified atom stereocenters. The van der Waals surface area contributed by atoms with E-state index in [-0.39, 0.29) is 32.6 Å². The minimum Gasteiger partial charge on any atom is -0.462 e. The lowest BCUT2D eigenvalue weighted by Crippen LogP contribution is -2.29. The van der Waals surface area contributed by atoms with E-state index < -0.39 is 32.5 Å². The Labute approximate surface area is 393 Å². The molecule has 0 aliphatic rings. The third-order valence-electron chi connectivity index (χ3n) is 11.1. The van der Waals surface area contributed by atoms with Gasteiger partial charge in [-0.05, 0) is 83.5 Å². The van der Waals surface area contributed by atoms with Crippen molar-refractivity contribution in [3.8, 4) is 0 Å². The normalized spacial score (nSPS) is 13.6. The van der Waals surface area contributed by atoms with Crippen molar-refractivity contribution in [1.29, 1.82) is 0 Å². The van der Waals surface area contributed by atoms with Crippen molar-refractivity contribution in [3.05, 3.63) is 60.8 Å². The maximum Gasteiger partial charge on any atom is 0.472 e. The first-order chi connectivity index (χ1) is 31.3. The fourth-order valence-corrected chi connectivity index (χ4v) is 7.97. The fraction of sp³-hybridized carbons (Fsp3) is 0.778. The molecule has 0 aliphatic carbocycles. The highest BCUT2D eigenvalue weighted by Crippen LogP contribution is 2.43. The van der Waals surface area contributed by atoms with Crippen molar-refractivity contribution in [3.63, 3.8) is 0 Å². The molecule has 0 saturated heterocycles. The SMILES string of the molecule is CCCCCC/C=C\C/C=C\CCCCCCCC(=O)OCC(COP(=O)(O)OCCN)OC(=O)CCCCCCCCCCCCCC/C=C\C/C=C\C/C=C\CCCCCCC. The van der Waals surface area contributed by atoms with Gasteiger partial charge in [-0.3, -0.25) is 18.6 Å². The number of rotatable bonds is 49. The van der Waals surface area contributed by atoms with Gasteiger partial charge in [-0.25, -0.2) is 4.57 Å². The lowest BCUT2D eigenvalue weighted by Gasteiger charge is -2.19. The molecule has 3 N–H and O–H groups in total. The lowest BCUT2D eigenvalue weighted by atomic mass is 10.0. The number of ether oxygens (including phenoxy) is 2. The molecule has 372 valence electrons. The minimum absolute atomic E-state index is 0.0493. The summed E-state index contributed by atoms with van der Waals surface area (Å²) >= 11 is 0. The molecule has 0 saturated carbocycles. The van der Waals surface area contributed by atoms with Crippen LogP contribution in [0.1, 0.15) is 239 Å². The van der Waals surface area contributed by atoms with Gasteiger partial charge in [0.15, 0.2) is 6.10 Å². The van der Waals surface area contributed by atoms with E-state index in [0.717, 1.165) is 70.6 Å². The molecule has 2 atom stereocenters. The van der Waals surface area contributed by atoms with Crippen LogP contribution in [0.5, 0.6) is 0 Å². The largest absolute Gasteiger partial charge is 0.472 e. The third-order valence-corrected chi connectivity index (χ3v) is 12.1. The number of hydrogen-bond donors (Lipinski definition) is 2. The van der Waals surface area contributed by atoms with E-state index in [0.29, 0.717) is 12.8 Å². The summed E-state index contributed by atoms with van der Waals surface area (Å²) in [6.07, 6.45) is 61.2. The van der Waals surface area contributed by atoms with Gasteiger partial charge in [0.25, 0.3) is 0 Å². The van der Waals surface area contributed by atoms with Gasteiger partial charge in [0.05, 0.1) is 13.2 Å². The van der Waals surface area contributed by atoms with Crippen molar-refractivity contribution in [2.75, 3.05) is 26.4 Å². The Balaban J connectivity index is 4.03. The van der Waals surface area contributed by atoms with E-state index in [9.17, 15) is 19.0 Å². The zero-order valence-electron chi connectivity index (χ0n) is 41.3. The molecule has 0 aliphatic heterocycles. The smallest absolute Gasteiger partial charge is 0.462 e. The third kappa shape index (κ3) is 49.2. The zero-order chi connectivity index (χ0) is 46.7. The van der Waals surface area contributed by atoms with Gasteiger partial charge in [0, 0.05) is 19.4 Å². The van der Waals surface area contributed by atoms with Gasteiger partial charge in [-0.2, -0.15) is 0 Å². The quantitative estimate of drug-likeness (QED) is 0.0265. The summed E-state index contributed by atoms with van der Waals surface area (Å²) in [5.74, 6) is -0.844. The van der Waals surface area contributed by atoms with Crippen LogP contribution in [-0.2, 0) is 32.7 Å². The van der Waals surface area contributed by atoms with Gasteiger partial charge < -0.3 is 20.1 Å². The molecule has 0 heterocycles. The number of nitrogens with two attached hydrogens (primary N) is 1. The van der Waals surface area contributed by atoms with Gasteiger partial charge in [-0.15, -0.1) is 0 Å². The van der Waals surface area contributed by atoms with Crippen LogP contribution in [0.2, 0.25) is 0 Å². The summed E-state index contributed by atoms with van der Waals surface area (Å²) in [7, 11) is -4.39.